The van der Waals surface area contributed by atoms with Gasteiger partial charge in [0.15, 0.2) is 0 Å². The number of thioether (sulfide) groups is 1. The summed E-state index contributed by atoms with van der Waals surface area (Å²) in [7, 11) is 0. The molecule has 1 atom stereocenters. The summed E-state index contributed by atoms with van der Waals surface area (Å²) in [4.78, 5) is 10.1. The normalized spacial score (nSPS) is 11.8. The Morgan fingerprint density at radius 1 is 1.80 bits per heavy atom. The first-order chi connectivity index (χ1) is 4.18. The van der Waals surface area contributed by atoms with Crippen LogP contribution in [-0.2, 0) is 4.79 Å². The van der Waals surface area contributed by atoms with E-state index < -0.39 is 12.0 Å². The molecule has 0 aliphatic carbocycles. The van der Waals surface area contributed by atoms with E-state index in [4.69, 9.17) is 10.8 Å². The quantitative estimate of drug-likeness (QED) is 0.632. The van der Waals surface area contributed by atoms with Crippen LogP contribution in [0, 0.1) is 0 Å². The minimum atomic E-state index is -0.913. The topological polar surface area (TPSA) is 63.3 Å². The number of carboxylic acids is 1. The summed E-state index contributed by atoms with van der Waals surface area (Å²) in [6.45, 7) is 0. The van der Waals surface area contributed by atoms with Crippen molar-refractivity contribution < 1.29 is 9.90 Å². The second-order valence-electron chi connectivity index (χ2n) is 1.73. The first kappa shape index (κ1) is 13.8. The van der Waals surface area contributed by atoms with Crippen molar-refractivity contribution in [2.24, 2.45) is 5.73 Å². The molecule has 0 aliphatic rings. The summed E-state index contributed by atoms with van der Waals surface area (Å²) in [6.07, 6.45) is 2.48. The summed E-state index contributed by atoms with van der Waals surface area (Å²) in [6, 6.07) is -0.683. The first-order valence-electron chi connectivity index (χ1n) is 2.65. The number of nitrogens with two attached hydrogens (primary N) is 1. The standard InChI is InChI=1S/C5H11NO2S.Sr.2H/c1-9-3-2-4(6)5(7)8;;;/h4H,2-3,6H2,1H3,(H,7,8);;;. The van der Waals surface area contributed by atoms with Crippen LogP contribution in [0.1, 0.15) is 6.42 Å². The molecule has 5 heteroatoms. The molecular formula is C5H13NO2SSr. The Balaban J connectivity index is 0. The van der Waals surface area contributed by atoms with Gasteiger partial charge in [-0.2, -0.15) is 11.8 Å². The molecular weight excluding hydrogens is 226 g/mol. The van der Waals surface area contributed by atoms with E-state index in [-0.39, 0.29) is 45.5 Å². The van der Waals surface area contributed by atoms with Crippen LogP contribution in [0.2, 0.25) is 0 Å². The van der Waals surface area contributed by atoms with Crippen LogP contribution in [0.5, 0.6) is 0 Å². The molecule has 0 rings (SSSR count). The van der Waals surface area contributed by atoms with Crippen molar-refractivity contribution >= 4 is 63.2 Å². The Labute approximate surface area is 102 Å². The molecule has 0 saturated heterocycles. The minimum absolute atomic E-state index is 0. The second kappa shape index (κ2) is 8.36. The van der Waals surface area contributed by atoms with Gasteiger partial charge in [-0.15, -0.1) is 0 Å². The summed E-state index contributed by atoms with van der Waals surface area (Å²) in [5.41, 5.74) is 5.19. The van der Waals surface area contributed by atoms with Crippen LogP contribution >= 0.6 is 11.8 Å². The third-order valence-electron chi connectivity index (χ3n) is 0.950. The van der Waals surface area contributed by atoms with Gasteiger partial charge in [0.2, 0.25) is 0 Å². The van der Waals surface area contributed by atoms with E-state index in [1.165, 1.54) is 0 Å². The van der Waals surface area contributed by atoms with Crippen LogP contribution < -0.4 is 5.73 Å². The van der Waals surface area contributed by atoms with Gasteiger partial charge in [-0.25, -0.2) is 0 Å². The van der Waals surface area contributed by atoms with Crippen LogP contribution in [0.4, 0.5) is 0 Å². The van der Waals surface area contributed by atoms with Crippen molar-refractivity contribution in [3.8, 4) is 0 Å². The van der Waals surface area contributed by atoms with Crippen molar-refractivity contribution in [2.75, 3.05) is 12.0 Å². The van der Waals surface area contributed by atoms with Crippen molar-refractivity contribution in [2.45, 2.75) is 12.5 Å². The molecule has 0 aromatic heterocycles. The van der Waals surface area contributed by atoms with Crippen molar-refractivity contribution in [3.05, 3.63) is 0 Å². The zero-order valence-electron chi connectivity index (χ0n) is 5.33. The summed E-state index contributed by atoms with van der Waals surface area (Å²) in [5.74, 6) is -0.1000. The van der Waals surface area contributed by atoms with Crippen LogP contribution in [0.15, 0.2) is 0 Å². The maximum atomic E-state index is 10.1. The number of rotatable bonds is 4. The first-order valence-corrected chi connectivity index (χ1v) is 4.05. The molecule has 10 heavy (non-hydrogen) atoms. The Morgan fingerprint density at radius 2 is 2.30 bits per heavy atom. The average Bonchev–Trinajstić information content (AvgIpc) is 1.82. The number of aliphatic carboxylic acids is 1. The third kappa shape index (κ3) is 7.37. The summed E-state index contributed by atoms with van der Waals surface area (Å²) in [5, 5.41) is 8.27. The Kier molecular flexibility index (Phi) is 11.6. The molecule has 3 nitrogen and oxygen atoms in total. The van der Waals surface area contributed by atoms with E-state index >= 15 is 0 Å². The number of carboxylic acid groups (broad SMARTS) is 1. The fourth-order valence-electron chi connectivity index (χ4n) is 0.368. The van der Waals surface area contributed by atoms with E-state index in [0.29, 0.717) is 6.42 Å². The van der Waals surface area contributed by atoms with Gasteiger partial charge in [0, 0.05) is 0 Å². The molecule has 1 unspecified atom stereocenters. The van der Waals surface area contributed by atoms with Gasteiger partial charge in [0.25, 0.3) is 0 Å². The molecule has 0 aromatic carbocycles. The molecule has 0 bridgehead atoms. The summed E-state index contributed by atoms with van der Waals surface area (Å²) < 4.78 is 0. The third-order valence-corrected chi connectivity index (χ3v) is 1.59. The predicted octanol–water partition coefficient (Wildman–Crippen LogP) is -0.765. The molecule has 0 aliphatic heterocycles. The van der Waals surface area contributed by atoms with E-state index in [0.717, 1.165) is 5.75 Å². The molecule has 58 valence electrons. The zero-order valence-corrected chi connectivity index (χ0v) is 6.15. The second-order valence-corrected chi connectivity index (χ2v) is 2.71. The van der Waals surface area contributed by atoms with E-state index in [1.807, 2.05) is 6.26 Å². The van der Waals surface area contributed by atoms with E-state index in [9.17, 15) is 4.79 Å². The Morgan fingerprint density at radius 3 is 2.60 bits per heavy atom. The van der Waals surface area contributed by atoms with Gasteiger partial charge in [-0.1, -0.05) is 0 Å². The van der Waals surface area contributed by atoms with Gasteiger partial charge >= 0.3 is 51.5 Å². The zero-order chi connectivity index (χ0) is 7.28. The van der Waals surface area contributed by atoms with Gasteiger partial charge in [0.05, 0.1) is 0 Å². The number of carbonyl (C=O) groups is 1. The molecule has 0 amide bonds. The molecule has 3 N–H and O–H groups in total. The molecule has 0 heterocycles. The molecule has 0 spiro atoms. The van der Waals surface area contributed by atoms with Crippen LogP contribution in [0.3, 0.4) is 0 Å². The van der Waals surface area contributed by atoms with Gasteiger partial charge in [0.1, 0.15) is 6.04 Å². The van der Waals surface area contributed by atoms with Crippen LogP contribution in [0.25, 0.3) is 0 Å². The molecule has 0 fully saturated rings. The fraction of sp³-hybridized carbons (Fsp3) is 0.800. The number of hydrogen-bond acceptors (Lipinski definition) is 3. The SMILES string of the molecule is CSCCC(N)C(=O)O.[SrH2]. The molecule has 0 radical (unpaired) electrons. The monoisotopic (exact) mass is 239 g/mol. The number of hydrogen-bond donors (Lipinski definition) is 2. The van der Waals surface area contributed by atoms with E-state index in [1.54, 1.807) is 11.8 Å². The van der Waals surface area contributed by atoms with Gasteiger partial charge in [-0.3, -0.25) is 4.79 Å². The van der Waals surface area contributed by atoms with Gasteiger partial charge < -0.3 is 10.8 Å². The fourth-order valence-corrected chi connectivity index (χ4v) is 0.858. The van der Waals surface area contributed by atoms with Crippen LogP contribution in [-0.4, -0.2) is 74.6 Å². The van der Waals surface area contributed by atoms with Crippen molar-refractivity contribution in [3.63, 3.8) is 0 Å². The van der Waals surface area contributed by atoms with E-state index in [2.05, 4.69) is 0 Å². The van der Waals surface area contributed by atoms with Gasteiger partial charge in [-0.05, 0) is 18.4 Å². The average molecular weight is 239 g/mol. The predicted molar refractivity (Wildman–Crippen MR) is 47.2 cm³/mol. The van der Waals surface area contributed by atoms with Crippen molar-refractivity contribution in [1.82, 2.24) is 0 Å². The van der Waals surface area contributed by atoms with Crippen molar-refractivity contribution in [1.29, 1.82) is 0 Å². The molecule has 0 saturated carbocycles. The summed E-state index contributed by atoms with van der Waals surface area (Å²) >= 11 is 1.60. The maximum absolute atomic E-state index is 10.1. The Hall–Kier alpha value is 1.26. The Bertz CT molecular complexity index is 102. The molecule has 0 aromatic rings.